The number of hydrogen-bond acceptors (Lipinski definition) is 19. The second-order valence-corrected chi connectivity index (χ2v) is 13.0. The number of phenols is 3. The summed E-state index contributed by atoms with van der Waals surface area (Å²) in [4.78, 5) is 0. The van der Waals surface area contributed by atoms with Gasteiger partial charge in [-0.25, -0.2) is 4.42 Å². The highest BCUT2D eigenvalue weighted by Gasteiger charge is 2.49. The first-order valence-corrected chi connectivity index (χ1v) is 16.4. The van der Waals surface area contributed by atoms with Crippen LogP contribution in [0.2, 0.25) is 0 Å². The molecule has 13 N–H and O–H groups in total. The molecule has 15 atom stereocenters. The fourth-order valence-electron chi connectivity index (χ4n) is 6.13. The lowest BCUT2D eigenvalue weighted by Gasteiger charge is -2.42. The predicted octanol–water partition coefficient (Wildman–Crippen LogP) is -3.29. The smallest absolute Gasteiger partial charge is 0.402 e. The maximum absolute atomic E-state index is 10.9. The van der Waals surface area contributed by atoms with Gasteiger partial charge < -0.3 is 94.8 Å². The molecule has 0 unspecified atom stereocenters. The molecule has 292 valence electrons. The van der Waals surface area contributed by atoms with Crippen LogP contribution in [0.5, 0.6) is 28.7 Å². The molecule has 0 bridgehead atoms. The topological polar surface area (TPSA) is 330 Å². The normalized spacial score (nSPS) is 37.8. The van der Waals surface area contributed by atoms with Crippen LogP contribution in [-0.2, 0) is 18.9 Å². The number of hydrogen-bond donors (Lipinski definition) is 13. The molecule has 0 saturated carbocycles. The molecule has 3 aliphatic heterocycles. The van der Waals surface area contributed by atoms with Gasteiger partial charge in [0.2, 0.25) is 18.3 Å². The van der Waals surface area contributed by atoms with Crippen LogP contribution >= 0.6 is 0 Å². The third-order valence-corrected chi connectivity index (χ3v) is 9.27. The van der Waals surface area contributed by atoms with Gasteiger partial charge in [0.05, 0.1) is 30.9 Å². The maximum Gasteiger partial charge on any atom is 0.402 e. The van der Waals surface area contributed by atoms with Crippen LogP contribution in [0.25, 0.3) is 22.3 Å². The van der Waals surface area contributed by atoms with E-state index in [1.165, 1.54) is 19.1 Å². The highest BCUT2D eigenvalue weighted by molar-refractivity contribution is 5.89. The van der Waals surface area contributed by atoms with Gasteiger partial charge in [-0.3, -0.25) is 0 Å². The number of rotatable bonds is 9. The standard InChI is InChI=1S/C33H40O20/c1-10-21(38)24(41)27(44)31(48-10)47-9-20-23(40)26(43)29(46)33(53-20)51-18-7-13-16(49-30(18)11-2-3-14(36)15(37)4-11)5-12(35)6-17(13)50-32-28(45)25(42)22(39)19(8-34)52-32/h2-7,10,19-29,31-34,38-46H,8-9H2,1H3,(H2-,35,36,37)/p+1/t10-,19-,20+,21-,22+,23+,24-,25-,26-,27+,28+,29+,31+,32+,33+/m0/s1. The number of fused-ring (bicyclic) bond motifs is 1. The second kappa shape index (κ2) is 15.6. The van der Waals surface area contributed by atoms with Crippen LogP contribution in [-0.4, -0.2) is 172 Å². The fraction of sp³-hybridized carbons (Fsp3) is 0.545. The molecule has 3 aliphatic rings. The molecule has 0 amide bonds. The van der Waals surface area contributed by atoms with Crippen molar-refractivity contribution in [3.05, 3.63) is 36.4 Å². The van der Waals surface area contributed by atoms with Crippen LogP contribution in [0.3, 0.4) is 0 Å². The summed E-state index contributed by atoms with van der Waals surface area (Å²) in [5.41, 5.74) is -0.0417. The zero-order valence-corrected chi connectivity index (χ0v) is 27.7. The number of benzene rings is 2. The molecule has 20 heteroatoms. The SMILES string of the molecule is C[C@@H]1O[C@@H](OC[C@H]2O[C@@H](Oc3cc4c(O[C@@H]5O[C@@H](CO)[C@@H](O)[C@H](O)[C@H]5O)cc(O)cc4[o+]c3-c3ccc(O)c(O)c3)[C@H](O)[C@@H](O)[C@@H]2O)[C@H](O)[C@@H](O)[C@H]1O. The van der Waals surface area contributed by atoms with Gasteiger partial charge in [0, 0.05) is 18.2 Å². The van der Waals surface area contributed by atoms with Gasteiger partial charge in [-0.2, -0.15) is 0 Å². The molecule has 0 aliphatic carbocycles. The number of aromatic hydroxyl groups is 3. The van der Waals surface area contributed by atoms with E-state index < -0.39 is 123 Å². The molecule has 4 heterocycles. The molecule has 3 aromatic rings. The van der Waals surface area contributed by atoms with Crippen LogP contribution < -0.4 is 9.47 Å². The van der Waals surface area contributed by atoms with Crippen LogP contribution in [0, 0.1) is 0 Å². The Balaban J connectivity index is 1.34. The van der Waals surface area contributed by atoms with Crippen molar-refractivity contribution >= 4 is 11.0 Å². The molecule has 0 spiro atoms. The van der Waals surface area contributed by atoms with E-state index in [1.807, 2.05) is 0 Å². The van der Waals surface area contributed by atoms with Gasteiger partial charge in [0.25, 0.3) is 0 Å². The minimum Gasteiger partial charge on any atom is -0.507 e. The number of phenolic OH excluding ortho intramolecular Hbond substituents is 3. The molecule has 1 aromatic heterocycles. The van der Waals surface area contributed by atoms with Crippen molar-refractivity contribution in [2.24, 2.45) is 0 Å². The van der Waals surface area contributed by atoms with Crippen LogP contribution in [0.4, 0.5) is 0 Å². The number of ether oxygens (including phenoxy) is 6. The van der Waals surface area contributed by atoms with E-state index >= 15 is 0 Å². The quantitative estimate of drug-likeness (QED) is 0.0751. The summed E-state index contributed by atoms with van der Waals surface area (Å²) in [6, 6.07) is 7.01. The molecular formula is C33H41O20+. The van der Waals surface area contributed by atoms with E-state index in [0.717, 1.165) is 24.3 Å². The van der Waals surface area contributed by atoms with Gasteiger partial charge in [0.15, 0.2) is 17.8 Å². The zero-order valence-electron chi connectivity index (χ0n) is 27.7. The van der Waals surface area contributed by atoms with Gasteiger partial charge in [-0.1, -0.05) is 0 Å². The average molecular weight is 758 g/mol. The summed E-state index contributed by atoms with van der Waals surface area (Å²) in [5, 5.41) is 134. The van der Waals surface area contributed by atoms with Crippen LogP contribution in [0.15, 0.2) is 40.8 Å². The Morgan fingerprint density at radius 2 is 1.19 bits per heavy atom. The van der Waals surface area contributed by atoms with Crippen molar-refractivity contribution in [1.82, 2.24) is 0 Å². The number of aliphatic hydroxyl groups is 10. The van der Waals surface area contributed by atoms with E-state index in [9.17, 15) is 66.4 Å². The van der Waals surface area contributed by atoms with Crippen molar-refractivity contribution < 1.29 is 99.2 Å². The molecular weight excluding hydrogens is 716 g/mol. The van der Waals surface area contributed by atoms with Crippen molar-refractivity contribution in [1.29, 1.82) is 0 Å². The van der Waals surface area contributed by atoms with E-state index in [2.05, 4.69) is 0 Å². The van der Waals surface area contributed by atoms with E-state index in [1.54, 1.807) is 0 Å². The van der Waals surface area contributed by atoms with E-state index in [4.69, 9.17) is 32.8 Å². The summed E-state index contributed by atoms with van der Waals surface area (Å²) < 4.78 is 40.0. The third-order valence-electron chi connectivity index (χ3n) is 9.27. The minimum atomic E-state index is -1.93. The van der Waals surface area contributed by atoms with Crippen molar-refractivity contribution in [2.45, 2.75) is 99.0 Å². The van der Waals surface area contributed by atoms with Gasteiger partial charge in [-0.15, -0.1) is 0 Å². The Labute approximate surface area is 299 Å². The molecule has 20 nitrogen and oxygen atoms in total. The van der Waals surface area contributed by atoms with Crippen molar-refractivity contribution in [3.63, 3.8) is 0 Å². The maximum atomic E-state index is 10.9. The molecule has 53 heavy (non-hydrogen) atoms. The Bertz CT molecular complexity index is 1740. The first-order valence-electron chi connectivity index (χ1n) is 16.4. The Morgan fingerprint density at radius 3 is 1.83 bits per heavy atom. The lowest BCUT2D eigenvalue weighted by Crippen LogP contribution is -2.61. The van der Waals surface area contributed by atoms with Crippen molar-refractivity contribution in [2.75, 3.05) is 13.2 Å². The average Bonchev–Trinajstić information content (AvgIpc) is 3.13. The summed E-state index contributed by atoms with van der Waals surface area (Å²) in [6.45, 7) is 0.0730. The van der Waals surface area contributed by atoms with Gasteiger partial charge in [-0.05, 0) is 19.1 Å². The number of aliphatic hydroxyl groups excluding tert-OH is 10. The predicted molar refractivity (Wildman–Crippen MR) is 171 cm³/mol. The second-order valence-electron chi connectivity index (χ2n) is 13.0. The summed E-state index contributed by atoms with van der Waals surface area (Å²) in [6.07, 6.45) is -24.5. The van der Waals surface area contributed by atoms with Gasteiger partial charge >= 0.3 is 11.3 Å². The summed E-state index contributed by atoms with van der Waals surface area (Å²) in [7, 11) is 0. The Hall–Kier alpha value is -3.71. The van der Waals surface area contributed by atoms with Crippen LogP contribution in [0.1, 0.15) is 6.92 Å². The minimum absolute atomic E-state index is 0.00873. The fourth-order valence-corrected chi connectivity index (χ4v) is 6.13. The molecule has 3 fully saturated rings. The molecule has 2 aromatic carbocycles. The highest BCUT2D eigenvalue weighted by atomic mass is 16.7. The summed E-state index contributed by atoms with van der Waals surface area (Å²) in [5.74, 6) is -2.24. The van der Waals surface area contributed by atoms with E-state index in [-0.39, 0.29) is 33.8 Å². The zero-order chi connectivity index (χ0) is 38.5. The summed E-state index contributed by atoms with van der Waals surface area (Å²) >= 11 is 0. The Kier molecular flexibility index (Phi) is 11.5. The van der Waals surface area contributed by atoms with Crippen molar-refractivity contribution in [3.8, 4) is 40.1 Å². The molecule has 3 saturated heterocycles. The Morgan fingerprint density at radius 1 is 0.604 bits per heavy atom. The molecule has 0 radical (unpaired) electrons. The van der Waals surface area contributed by atoms with Gasteiger partial charge in [0.1, 0.15) is 84.0 Å². The first-order chi connectivity index (χ1) is 25.1. The first kappa shape index (κ1) is 39.0. The highest BCUT2D eigenvalue weighted by Crippen LogP contribution is 2.43. The lowest BCUT2D eigenvalue weighted by molar-refractivity contribution is -0.318. The molecule has 6 rings (SSSR count). The third kappa shape index (κ3) is 7.65. The van der Waals surface area contributed by atoms with E-state index in [0.29, 0.717) is 0 Å². The largest absolute Gasteiger partial charge is 0.507 e. The monoisotopic (exact) mass is 757 g/mol. The lowest BCUT2D eigenvalue weighted by atomic mass is 9.98.